The van der Waals surface area contributed by atoms with Crippen molar-refractivity contribution in [1.82, 2.24) is 0 Å². The van der Waals surface area contributed by atoms with E-state index in [9.17, 15) is 37.6 Å². The van der Waals surface area contributed by atoms with Crippen molar-refractivity contribution < 1.29 is 57.0 Å². The van der Waals surface area contributed by atoms with Crippen molar-refractivity contribution in [3.05, 3.63) is 70.8 Å². The first-order chi connectivity index (χ1) is 13.6. The molecule has 0 aromatic heterocycles. The summed E-state index contributed by atoms with van der Waals surface area (Å²) in [4.78, 5) is 58.6. The molecular weight excluding hydrogens is 405 g/mol. The third kappa shape index (κ3) is 5.52. The van der Waals surface area contributed by atoms with E-state index >= 15 is 0 Å². The molecular formula is C17H8F3O9-. The van der Waals surface area contributed by atoms with E-state index in [0.717, 1.165) is 30.3 Å². The molecule has 29 heavy (non-hydrogen) atoms. The molecule has 0 aliphatic heterocycles. The molecule has 0 saturated heterocycles. The second-order valence-corrected chi connectivity index (χ2v) is 5.04. The third-order valence-corrected chi connectivity index (χ3v) is 3.21. The maximum atomic E-state index is 12.2. The first-order valence-electron chi connectivity index (χ1n) is 7.39. The molecule has 12 heteroatoms. The maximum absolute atomic E-state index is 12.2. The van der Waals surface area contributed by atoms with Crippen LogP contribution in [0.2, 0.25) is 0 Å². The minimum Gasteiger partial charge on any atom is -0.661 e. The largest absolute Gasteiger partial charge is 0.661 e. The third-order valence-electron chi connectivity index (χ3n) is 3.21. The molecule has 0 fully saturated rings. The van der Waals surface area contributed by atoms with Gasteiger partial charge in [-0.25, -0.2) is 29.0 Å². The first-order valence-corrected chi connectivity index (χ1v) is 7.39. The lowest BCUT2D eigenvalue weighted by Crippen LogP contribution is -2.22. The van der Waals surface area contributed by atoms with E-state index in [1.165, 1.54) is 18.2 Å². The lowest BCUT2D eigenvalue weighted by atomic mass is 10.1. The molecule has 2 aromatic rings. The van der Waals surface area contributed by atoms with Crippen LogP contribution in [0.3, 0.4) is 0 Å². The number of carbonyl (C=O) groups is 4. The zero-order chi connectivity index (χ0) is 21.6. The average Bonchev–Trinajstić information content (AvgIpc) is 2.69. The number of alkyl halides is 3. The van der Waals surface area contributed by atoms with Crippen molar-refractivity contribution in [3.63, 3.8) is 0 Å². The molecule has 0 aliphatic rings. The SMILES string of the molecule is O=C(O[O-])c1ccccc1C(=O)OOC(=O)c1ccccc1C(=O)OC(F)(F)F. The summed E-state index contributed by atoms with van der Waals surface area (Å²) in [7, 11) is 0. The van der Waals surface area contributed by atoms with Crippen LogP contribution < -0.4 is 5.26 Å². The molecule has 0 spiro atoms. The molecule has 0 amide bonds. The van der Waals surface area contributed by atoms with Crippen LogP contribution in [0.15, 0.2) is 48.5 Å². The molecule has 0 N–H and O–H groups in total. The Hall–Kier alpha value is -3.93. The number of hydrogen-bond acceptors (Lipinski definition) is 9. The summed E-state index contributed by atoms with van der Waals surface area (Å²) < 4.78 is 39.9. The quantitative estimate of drug-likeness (QED) is 0.418. The summed E-state index contributed by atoms with van der Waals surface area (Å²) in [6.07, 6.45) is -5.29. The van der Waals surface area contributed by atoms with Gasteiger partial charge in [-0.1, -0.05) is 24.3 Å². The molecule has 0 aliphatic carbocycles. The van der Waals surface area contributed by atoms with E-state index in [2.05, 4.69) is 19.4 Å². The van der Waals surface area contributed by atoms with Gasteiger partial charge in [0.05, 0.1) is 22.3 Å². The predicted octanol–water partition coefficient (Wildman–Crippen LogP) is 1.72. The molecule has 9 nitrogen and oxygen atoms in total. The van der Waals surface area contributed by atoms with Crippen LogP contribution in [0.5, 0.6) is 0 Å². The second-order valence-electron chi connectivity index (χ2n) is 5.04. The summed E-state index contributed by atoms with van der Waals surface area (Å²) in [6.45, 7) is 0. The van der Waals surface area contributed by atoms with Gasteiger partial charge in [-0.05, 0) is 24.3 Å². The Morgan fingerprint density at radius 2 is 1.00 bits per heavy atom. The normalized spacial score (nSPS) is 10.6. The predicted molar refractivity (Wildman–Crippen MR) is 80.6 cm³/mol. The number of carbonyl (C=O) groups excluding carboxylic acids is 4. The van der Waals surface area contributed by atoms with E-state index in [-0.39, 0.29) is 0 Å². The van der Waals surface area contributed by atoms with E-state index in [0.29, 0.717) is 0 Å². The Kier molecular flexibility index (Phi) is 6.51. The first kappa shape index (κ1) is 21.4. The van der Waals surface area contributed by atoms with E-state index in [1.54, 1.807) is 0 Å². The lowest BCUT2D eigenvalue weighted by Gasteiger charge is -2.11. The molecule has 0 bridgehead atoms. The van der Waals surface area contributed by atoms with Gasteiger partial charge in [0, 0.05) is 0 Å². The molecule has 152 valence electrons. The standard InChI is InChI=1S/C17H9F3O9/c18-17(19,20)26-13(21)9-5-1-3-7-11(9)15(23)28-29-16(24)12-8-4-2-6-10(12)14(22)27-25/h1-8,25H/p-1. The fraction of sp³-hybridized carbons (Fsp3) is 0.0588. The number of hydrogen-bond donors (Lipinski definition) is 0. The minimum absolute atomic E-state index is 0.488. The minimum atomic E-state index is -5.29. The Morgan fingerprint density at radius 1 is 0.655 bits per heavy atom. The van der Waals surface area contributed by atoms with Crippen LogP contribution in [0.4, 0.5) is 13.2 Å². The highest BCUT2D eigenvalue weighted by atomic mass is 19.4. The van der Waals surface area contributed by atoms with Gasteiger partial charge in [-0.2, -0.15) is 0 Å². The van der Waals surface area contributed by atoms with Crippen LogP contribution in [0.1, 0.15) is 41.4 Å². The lowest BCUT2D eigenvalue weighted by molar-refractivity contribution is -0.653. The van der Waals surface area contributed by atoms with Crippen molar-refractivity contribution in [2.24, 2.45) is 0 Å². The highest BCUT2D eigenvalue weighted by Gasteiger charge is 2.36. The van der Waals surface area contributed by atoms with Gasteiger partial charge in [0.25, 0.3) is 0 Å². The molecule has 0 unspecified atom stereocenters. The molecule has 0 saturated carbocycles. The Bertz CT molecular complexity index is 953. The van der Waals surface area contributed by atoms with Gasteiger partial charge in [-0.15, -0.1) is 13.2 Å². The summed E-state index contributed by atoms with van der Waals surface area (Å²) in [5.74, 6) is -6.20. The van der Waals surface area contributed by atoms with Gasteiger partial charge in [0.15, 0.2) is 0 Å². The number of esters is 1. The monoisotopic (exact) mass is 413 g/mol. The van der Waals surface area contributed by atoms with E-state index in [1.807, 2.05) is 0 Å². The van der Waals surface area contributed by atoms with E-state index in [4.69, 9.17) is 0 Å². The Morgan fingerprint density at radius 3 is 1.34 bits per heavy atom. The van der Waals surface area contributed by atoms with Crippen molar-refractivity contribution >= 4 is 23.9 Å². The smallest absolute Gasteiger partial charge is 0.575 e. The fourth-order valence-electron chi connectivity index (χ4n) is 2.05. The van der Waals surface area contributed by atoms with Crippen LogP contribution in [0.25, 0.3) is 0 Å². The van der Waals surface area contributed by atoms with Crippen molar-refractivity contribution in [1.29, 1.82) is 0 Å². The molecule has 2 aromatic carbocycles. The van der Waals surface area contributed by atoms with Gasteiger partial charge < -0.3 is 14.9 Å². The highest BCUT2D eigenvalue weighted by molar-refractivity contribution is 6.04. The second kappa shape index (κ2) is 8.84. The van der Waals surface area contributed by atoms with Gasteiger partial charge >= 0.3 is 30.2 Å². The van der Waals surface area contributed by atoms with Crippen LogP contribution in [0, 0.1) is 0 Å². The van der Waals surface area contributed by atoms with Crippen LogP contribution >= 0.6 is 0 Å². The van der Waals surface area contributed by atoms with Crippen LogP contribution in [-0.2, 0) is 19.4 Å². The average molecular weight is 413 g/mol. The van der Waals surface area contributed by atoms with Gasteiger partial charge in [-0.3, -0.25) is 0 Å². The molecule has 2 rings (SSSR count). The number of benzene rings is 2. The van der Waals surface area contributed by atoms with E-state index < -0.39 is 52.5 Å². The van der Waals surface area contributed by atoms with Gasteiger partial charge in [0.2, 0.25) is 0 Å². The van der Waals surface area contributed by atoms with Crippen LogP contribution in [-0.4, -0.2) is 30.2 Å². The summed E-state index contributed by atoms with van der Waals surface area (Å²) in [5, 5.41) is 10.2. The van der Waals surface area contributed by atoms with Crippen molar-refractivity contribution in [2.45, 2.75) is 6.36 Å². The number of rotatable bonds is 4. The molecule has 0 heterocycles. The molecule has 0 radical (unpaired) electrons. The fourth-order valence-corrected chi connectivity index (χ4v) is 2.05. The topological polar surface area (TPSA) is 128 Å². The Balaban J connectivity index is 2.16. The van der Waals surface area contributed by atoms with Gasteiger partial charge in [0.1, 0.15) is 0 Å². The van der Waals surface area contributed by atoms with Crippen molar-refractivity contribution in [3.8, 4) is 0 Å². The molecule has 0 atom stereocenters. The zero-order valence-electron chi connectivity index (χ0n) is 13.9. The summed E-state index contributed by atoms with van der Waals surface area (Å²) >= 11 is 0. The summed E-state index contributed by atoms with van der Waals surface area (Å²) in [5.41, 5.74) is -2.48. The number of ether oxygens (including phenoxy) is 1. The van der Waals surface area contributed by atoms with Crippen molar-refractivity contribution in [2.75, 3.05) is 0 Å². The Labute approximate surface area is 159 Å². The number of halogens is 3. The highest BCUT2D eigenvalue weighted by Crippen LogP contribution is 2.21. The zero-order valence-corrected chi connectivity index (χ0v) is 13.9. The maximum Gasteiger partial charge on any atom is 0.575 e. The summed E-state index contributed by atoms with van der Waals surface area (Å²) in [6, 6.07) is 8.83.